The van der Waals surface area contributed by atoms with E-state index in [9.17, 15) is 4.79 Å². The molecule has 0 aromatic heterocycles. The van der Waals surface area contributed by atoms with Crippen LogP contribution in [0.4, 0.5) is 5.69 Å². The van der Waals surface area contributed by atoms with Gasteiger partial charge in [0, 0.05) is 11.5 Å². The molecule has 3 nitrogen and oxygen atoms in total. The molecule has 0 unspecified atom stereocenters. The van der Waals surface area contributed by atoms with E-state index >= 15 is 0 Å². The van der Waals surface area contributed by atoms with Gasteiger partial charge in [-0.1, -0.05) is 37.2 Å². The Labute approximate surface area is 120 Å². The highest BCUT2D eigenvalue weighted by Crippen LogP contribution is 2.26. The first-order chi connectivity index (χ1) is 9.70. The second-order valence-corrected chi connectivity index (χ2v) is 5.33. The standard InChI is InChI=1S/C17H21NO2/c1-13-9-10-14(8-5-11-19)16(12-13)18-17(20)15-6-3-2-4-7-15/h9-10,12,15,19H,2-4,6-7,11H2,1H3,(H,18,20). The van der Waals surface area contributed by atoms with Gasteiger partial charge in [-0.3, -0.25) is 4.79 Å². The van der Waals surface area contributed by atoms with Crippen LogP contribution >= 0.6 is 0 Å². The summed E-state index contributed by atoms with van der Waals surface area (Å²) in [6.07, 6.45) is 5.48. The molecular formula is C17H21NO2. The zero-order valence-corrected chi connectivity index (χ0v) is 11.9. The molecule has 1 amide bonds. The first kappa shape index (κ1) is 14.6. The van der Waals surface area contributed by atoms with Crippen LogP contribution < -0.4 is 5.32 Å². The van der Waals surface area contributed by atoms with Crippen molar-refractivity contribution in [2.24, 2.45) is 5.92 Å². The molecule has 1 aliphatic rings. The van der Waals surface area contributed by atoms with E-state index < -0.39 is 0 Å². The van der Waals surface area contributed by atoms with Crippen molar-refractivity contribution in [2.45, 2.75) is 39.0 Å². The van der Waals surface area contributed by atoms with Crippen molar-refractivity contribution in [1.82, 2.24) is 0 Å². The lowest BCUT2D eigenvalue weighted by Gasteiger charge is -2.21. The Bertz CT molecular complexity index is 534. The number of hydrogen-bond donors (Lipinski definition) is 2. The lowest BCUT2D eigenvalue weighted by molar-refractivity contribution is -0.120. The van der Waals surface area contributed by atoms with E-state index in [-0.39, 0.29) is 18.4 Å². The van der Waals surface area contributed by atoms with Gasteiger partial charge in [0.25, 0.3) is 0 Å². The number of rotatable bonds is 2. The number of aliphatic hydroxyl groups excluding tert-OH is 1. The summed E-state index contributed by atoms with van der Waals surface area (Å²) in [5, 5.41) is 11.8. The maximum absolute atomic E-state index is 12.3. The molecule has 0 heterocycles. The fourth-order valence-corrected chi connectivity index (χ4v) is 2.60. The minimum atomic E-state index is -0.177. The molecule has 1 aliphatic carbocycles. The van der Waals surface area contributed by atoms with Crippen LogP contribution in [0.1, 0.15) is 43.2 Å². The highest BCUT2D eigenvalue weighted by Gasteiger charge is 2.21. The average molecular weight is 271 g/mol. The molecule has 2 N–H and O–H groups in total. The molecule has 20 heavy (non-hydrogen) atoms. The van der Waals surface area contributed by atoms with Crippen LogP contribution in [0, 0.1) is 24.7 Å². The van der Waals surface area contributed by atoms with Crippen molar-refractivity contribution < 1.29 is 9.90 Å². The van der Waals surface area contributed by atoms with E-state index in [1.807, 2.05) is 25.1 Å². The summed E-state index contributed by atoms with van der Waals surface area (Å²) >= 11 is 0. The molecule has 1 fully saturated rings. The Hall–Kier alpha value is -1.79. The topological polar surface area (TPSA) is 49.3 Å². The lowest BCUT2D eigenvalue weighted by Crippen LogP contribution is -2.25. The summed E-state index contributed by atoms with van der Waals surface area (Å²) in [6.45, 7) is 1.81. The largest absolute Gasteiger partial charge is 0.384 e. The minimum Gasteiger partial charge on any atom is -0.384 e. The van der Waals surface area contributed by atoms with Gasteiger partial charge in [0.15, 0.2) is 0 Å². The predicted molar refractivity (Wildman–Crippen MR) is 80.3 cm³/mol. The van der Waals surface area contributed by atoms with Crippen LogP contribution in [0.15, 0.2) is 18.2 Å². The summed E-state index contributed by atoms with van der Waals surface area (Å²) in [7, 11) is 0. The molecule has 106 valence electrons. The third-order valence-corrected chi connectivity index (χ3v) is 3.71. The van der Waals surface area contributed by atoms with Gasteiger partial charge >= 0.3 is 0 Å². The fraction of sp³-hybridized carbons (Fsp3) is 0.471. The Balaban J connectivity index is 2.14. The Morgan fingerprint density at radius 2 is 2.10 bits per heavy atom. The number of aliphatic hydroxyl groups is 1. The van der Waals surface area contributed by atoms with Crippen molar-refractivity contribution >= 4 is 11.6 Å². The van der Waals surface area contributed by atoms with E-state index in [2.05, 4.69) is 17.2 Å². The van der Waals surface area contributed by atoms with Crippen molar-refractivity contribution in [3.05, 3.63) is 29.3 Å². The van der Waals surface area contributed by atoms with Crippen molar-refractivity contribution in [3.63, 3.8) is 0 Å². The second kappa shape index (κ2) is 7.12. The van der Waals surface area contributed by atoms with Gasteiger partial charge in [0.1, 0.15) is 6.61 Å². The molecule has 1 aromatic rings. The van der Waals surface area contributed by atoms with Gasteiger partial charge in [-0.25, -0.2) is 0 Å². The minimum absolute atomic E-state index is 0.0994. The van der Waals surface area contributed by atoms with E-state index in [0.717, 1.165) is 42.5 Å². The van der Waals surface area contributed by atoms with Crippen LogP contribution in [0.3, 0.4) is 0 Å². The normalized spacial score (nSPS) is 15.3. The molecule has 0 saturated heterocycles. The Morgan fingerprint density at radius 1 is 1.35 bits per heavy atom. The SMILES string of the molecule is Cc1ccc(C#CCO)c(NC(=O)C2CCCCC2)c1. The summed E-state index contributed by atoms with van der Waals surface area (Å²) in [4.78, 5) is 12.3. The monoisotopic (exact) mass is 271 g/mol. The van der Waals surface area contributed by atoms with Crippen LogP contribution in [0.5, 0.6) is 0 Å². The number of carbonyl (C=O) groups excluding carboxylic acids is 1. The summed E-state index contributed by atoms with van der Waals surface area (Å²) in [5.74, 6) is 5.74. The molecule has 1 saturated carbocycles. The van der Waals surface area contributed by atoms with E-state index in [1.165, 1.54) is 6.42 Å². The number of anilines is 1. The molecule has 0 bridgehead atoms. The van der Waals surface area contributed by atoms with Crippen LogP contribution in [-0.2, 0) is 4.79 Å². The first-order valence-electron chi connectivity index (χ1n) is 7.22. The number of aryl methyl sites for hydroxylation is 1. The number of nitrogens with one attached hydrogen (secondary N) is 1. The summed E-state index contributed by atoms with van der Waals surface area (Å²) < 4.78 is 0. The highest BCUT2D eigenvalue weighted by molar-refractivity contribution is 5.94. The van der Waals surface area contributed by atoms with Gasteiger partial charge in [-0.15, -0.1) is 0 Å². The molecule has 2 rings (SSSR count). The molecule has 0 atom stereocenters. The first-order valence-corrected chi connectivity index (χ1v) is 7.22. The van der Waals surface area contributed by atoms with Gasteiger partial charge in [-0.2, -0.15) is 0 Å². The lowest BCUT2D eigenvalue weighted by atomic mass is 9.88. The molecule has 0 spiro atoms. The highest BCUT2D eigenvalue weighted by atomic mass is 16.2. The zero-order chi connectivity index (χ0) is 14.4. The Kier molecular flexibility index (Phi) is 5.20. The van der Waals surface area contributed by atoms with Gasteiger partial charge in [0.05, 0.1) is 5.69 Å². The van der Waals surface area contributed by atoms with E-state index in [0.29, 0.717) is 0 Å². The summed E-state index contributed by atoms with van der Waals surface area (Å²) in [5.41, 5.74) is 2.59. The maximum Gasteiger partial charge on any atom is 0.227 e. The smallest absolute Gasteiger partial charge is 0.227 e. The van der Waals surface area contributed by atoms with Gasteiger partial charge < -0.3 is 10.4 Å². The maximum atomic E-state index is 12.3. The number of carbonyl (C=O) groups is 1. The van der Waals surface area contributed by atoms with Gasteiger partial charge in [-0.05, 0) is 37.5 Å². The van der Waals surface area contributed by atoms with Crippen LogP contribution in [0.25, 0.3) is 0 Å². The third-order valence-electron chi connectivity index (χ3n) is 3.71. The number of amides is 1. The van der Waals surface area contributed by atoms with Crippen molar-refractivity contribution in [1.29, 1.82) is 0 Å². The molecule has 0 aliphatic heterocycles. The second-order valence-electron chi connectivity index (χ2n) is 5.33. The van der Waals surface area contributed by atoms with E-state index in [4.69, 9.17) is 5.11 Å². The molecule has 0 radical (unpaired) electrons. The molecule has 1 aromatic carbocycles. The molecule has 3 heteroatoms. The average Bonchev–Trinajstić information content (AvgIpc) is 2.47. The fourth-order valence-electron chi connectivity index (χ4n) is 2.60. The quantitative estimate of drug-likeness (QED) is 0.813. The van der Waals surface area contributed by atoms with Crippen molar-refractivity contribution in [3.8, 4) is 11.8 Å². The number of hydrogen-bond acceptors (Lipinski definition) is 2. The van der Waals surface area contributed by atoms with Gasteiger partial charge in [0.2, 0.25) is 5.91 Å². The van der Waals surface area contributed by atoms with Crippen LogP contribution in [-0.4, -0.2) is 17.6 Å². The van der Waals surface area contributed by atoms with Crippen molar-refractivity contribution in [2.75, 3.05) is 11.9 Å². The van der Waals surface area contributed by atoms with E-state index in [1.54, 1.807) is 0 Å². The Morgan fingerprint density at radius 3 is 2.80 bits per heavy atom. The number of benzene rings is 1. The summed E-state index contributed by atoms with van der Waals surface area (Å²) in [6, 6.07) is 5.77. The third kappa shape index (κ3) is 3.85. The van der Waals surface area contributed by atoms with Crippen LogP contribution in [0.2, 0.25) is 0 Å². The molecular weight excluding hydrogens is 250 g/mol. The zero-order valence-electron chi connectivity index (χ0n) is 11.9. The predicted octanol–water partition coefficient (Wildman–Crippen LogP) is 2.86.